The monoisotopic (exact) mass is 230 g/mol. The van der Waals surface area contributed by atoms with Crippen LogP contribution < -0.4 is 5.73 Å². The Labute approximate surface area is 99.4 Å². The second kappa shape index (κ2) is 4.41. The lowest BCUT2D eigenvalue weighted by Gasteiger charge is -2.08. The van der Waals surface area contributed by atoms with Crippen molar-refractivity contribution in [3.05, 3.63) is 35.5 Å². The molecule has 0 aliphatic carbocycles. The topological polar surface area (TPSA) is 65.2 Å². The summed E-state index contributed by atoms with van der Waals surface area (Å²) in [4.78, 5) is 16.0. The number of hydrogen-bond donors (Lipinski definition) is 1. The fraction of sp³-hybridized carbons (Fsp3) is 0.231. The van der Waals surface area contributed by atoms with E-state index in [2.05, 4.69) is 4.98 Å². The van der Waals surface area contributed by atoms with Crippen molar-refractivity contribution in [1.82, 2.24) is 4.98 Å². The maximum atomic E-state index is 11.7. The largest absolute Gasteiger partial charge is 0.462 e. The molecule has 0 saturated heterocycles. The van der Waals surface area contributed by atoms with Crippen LogP contribution in [0.15, 0.2) is 24.3 Å². The van der Waals surface area contributed by atoms with Crippen molar-refractivity contribution in [2.24, 2.45) is 0 Å². The highest BCUT2D eigenvalue weighted by atomic mass is 16.5. The van der Waals surface area contributed by atoms with E-state index in [1.165, 1.54) is 0 Å². The number of anilines is 1. The van der Waals surface area contributed by atoms with Gasteiger partial charge in [-0.3, -0.25) is 4.98 Å². The summed E-state index contributed by atoms with van der Waals surface area (Å²) in [6, 6.07) is 7.34. The Hall–Kier alpha value is -2.10. The first-order chi connectivity index (χ1) is 8.13. The summed E-state index contributed by atoms with van der Waals surface area (Å²) in [5, 5.41) is 0.918. The Morgan fingerprint density at radius 2 is 2.06 bits per heavy atom. The quantitative estimate of drug-likeness (QED) is 0.635. The van der Waals surface area contributed by atoms with Gasteiger partial charge in [0.15, 0.2) is 0 Å². The van der Waals surface area contributed by atoms with Crippen LogP contribution in [0.4, 0.5) is 5.69 Å². The number of aryl methyl sites for hydroxylation is 1. The first-order valence-corrected chi connectivity index (χ1v) is 5.46. The Morgan fingerprint density at radius 3 is 2.76 bits per heavy atom. The Balaban J connectivity index is 2.60. The highest BCUT2D eigenvalue weighted by Gasteiger charge is 2.13. The van der Waals surface area contributed by atoms with E-state index < -0.39 is 5.97 Å². The third kappa shape index (κ3) is 2.06. The van der Waals surface area contributed by atoms with Crippen molar-refractivity contribution < 1.29 is 9.53 Å². The number of fused-ring (bicyclic) bond motifs is 1. The normalized spacial score (nSPS) is 10.5. The van der Waals surface area contributed by atoms with Gasteiger partial charge in [0.1, 0.15) is 0 Å². The Morgan fingerprint density at radius 1 is 1.35 bits per heavy atom. The summed E-state index contributed by atoms with van der Waals surface area (Å²) in [6.07, 6.45) is 0. The minimum absolute atomic E-state index is 0.331. The van der Waals surface area contributed by atoms with E-state index >= 15 is 0 Å². The molecule has 0 atom stereocenters. The molecule has 0 spiro atoms. The molecule has 1 aromatic heterocycles. The number of nitrogen functional groups attached to an aromatic ring is 1. The third-order valence-corrected chi connectivity index (χ3v) is 2.54. The number of hydrogen-bond acceptors (Lipinski definition) is 4. The van der Waals surface area contributed by atoms with Gasteiger partial charge in [0.2, 0.25) is 0 Å². The van der Waals surface area contributed by atoms with Gasteiger partial charge in [0, 0.05) is 11.1 Å². The predicted molar refractivity (Wildman–Crippen MR) is 66.8 cm³/mol. The van der Waals surface area contributed by atoms with Crippen LogP contribution in [0.25, 0.3) is 10.9 Å². The number of esters is 1. The zero-order valence-electron chi connectivity index (χ0n) is 9.86. The summed E-state index contributed by atoms with van der Waals surface area (Å²) in [6.45, 7) is 3.98. The lowest BCUT2D eigenvalue weighted by Crippen LogP contribution is -2.08. The third-order valence-electron chi connectivity index (χ3n) is 2.54. The molecule has 1 heterocycles. The summed E-state index contributed by atoms with van der Waals surface area (Å²) >= 11 is 0. The average molecular weight is 230 g/mol. The van der Waals surface area contributed by atoms with Gasteiger partial charge in [-0.05, 0) is 26.0 Å². The predicted octanol–water partition coefficient (Wildman–Crippen LogP) is 2.30. The second-order valence-electron chi connectivity index (χ2n) is 3.77. The second-order valence-corrected chi connectivity index (χ2v) is 3.77. The van der Waals surface area contributed by atoms with Gasteiger partial charge in [0.05, 0.1) is 23.4 Å². The molecule has 4 nitrogen and oxygen atoms in total. The van der Waals surface area contributed by atoms with Gasteiger partial charge in [-0.15, -0.1) is 0 Å². The maximum absolute atomic E-state index is 11.7. The molecule has 0 saturated carbocycles. The first-order valence-electron chi connectivity index (χ1n) is 5.46. The fourth-order valence-electron chi connectivity index (χ4n) is 1.69. The molecule has 2 aromatic rings. The van der Waals surface area contributed by atoms with Gasteiger partial charge in [-0.2, -0.15) is 0 Å². The molecule has 0 amide bonds. The lowest BCUT2D eigenvalue weighted by molar-refractivity contribution is 0.0528. The van der Waals surface area contributed by atoms with Gasteiger partial charge >= 0.3 is 5.97 Å². The van der Waals surface area contributed by atoms with Crippen molar-refractivity contribution in [2.45, 2.75) is 13.8 Å². The van der Waals surface area contributed by atoms with Crippen molar-refractivity contribution in [1.29, 1.82) is 0 Å². The number of aromatic nitrogens is 1. The molecule has 2 rings (SSSR count). The molecule has 88 valence electrons. The van der Waals surface area contributed by atoms with Crippen molar-refractivity contribution in [3.63, 3.8) is 0 Å². The van der Waals surface area contributed by atoms with E-state index in [1.54, 1.807) is 13.0 Å². The number of carbonyl (C=O) groups excluding carboxylic acids is 1. The van der Waals surface area contributed by atoms with Crippen LogP contribution in [0.2, 0.25) is 0 Å². The minimum atomic E-state index is -0.407. The zero-order valence-corrected chi connectivity index (χ0v) is 9.86. The number of rotatable bonds is 2. The van der Waals surface area contributed by atoms with Gasteiger partial charge in [-0.25, -0.2) is 4.79 Å². The molecule has 4 heteroatoms. The lowest BCUT2D eigenvalue weighted by atomic mass is 10.1. The Kier molecular flexibility index (Phi) is 2.95. The molecular weight excluding hydrogens is 216 g/mol. The van der Waals surface area contributed by atoms with Crippen LogP contribution in [0.1, 0.15) is 23.0 Å². The standard InChI is InChI=1S/C13H14N2O2/c1-3-17-13(16)10-7-6-9-5-4-8(2)15-12(9)11(10)14/h4-7H,3,14H2,1-2H3. The molecule has 17 heavy (non-hydrogen) atoms. The van der Waals surface area contributed by atoms with Crippen molar-refractivity contribution in [3.8, 4) is 0 Å². The van der Waals surface area contributed by atoms with Gasteiger partial charge in [0.25, 0.3) is 0 Å². The van der Waals surface area contributed by atoms with Crippen LogP contribution in [-0.4, -0.2) is 17.6 Å². The molecule has 1 aromatic carbocycles. The van der Waals surface area contributed by atoms with E-state index in [4.69, 9.17) is 10.5 Å². The number of benzene rings is 1. The molecule has 0 aliphatic rings. The number of pyridine rings is 1. The highest BCUT2D eigenvalue weighted by Crippen LogP contribution is 2.24. The highest BCUT2D eigenvalue weighted by molar-refractivity contribution is 6.04. The molecule has 0 fully saturated rings. The average Bonchev–Trinajstić information content (AvgIpc) is 2.30. The minimum Gasteiger partial charge on any atom is -0.462 e. The van der Waals surface area contributed by atoms with Crippen molar-refractivity contribution in [2.75, 3.05) is 12.3 Å². The van der Waals surface area contributed by atoms with Crippen LogP contribution >= 0.6 is 0 Å². The van der Waals surface area contributed by atoms with E-state index in [0.717, 1.165) is 11.1 Å². The number of ether oxygens (including phenoxy) is 1. The number of carbonyl (C=O) groups is 1. The summed E-state index contributed by atoms with van der Waals surface area (Å²) in [5.41, 5.74) is 8.22. The van der Waals surface area contributed by atoms with Crippen LogP contribution in [0.3, 0.4) is 0 Å². The SMILES string of the molecule is CCOC(=O)c1ccc2ccc(C)nc2c1N. The van der Waals surface area contributed by atoms with Gasteiger partial charge < -0.3 is 10.5 Å². The molecule has 2 N–H and O–H groups in total. The first kappa shape index (κ1) is 11.4. The van der Waals surface area contributed by atoms with E-state index in [0.29, 0.717) is 23.4 Å². The summed E-state index contributed by atoms with van der Waals surface area (Å²) in [5.74, 6) is -0.407. The van der Waals surface area contributed by atoms with Gasteiger partial charge in [-0.1, -0.05) is 12.1 Å². The van der Waals surface area contributed by atoms with Crippen LogP contribution in [-0.2, 0) is 4.74 Å². The smallest absolute Gasteiger partial charge is 0.340 e. The Bertz CT molecular complexity index is 579. The molecule has 0 unspecified atom stereocenters. The maximum Gasteiger partial charge on any atom is 0.340 e. The molecule has 0 radical (unpaired) electrons. The molecular formula is C13H14N2O2. The van der Waals surface area contributed by atoms with E-state index in [-0.39, 0.29) is 0 Å². The summed E-state index contributed by atoms with van der Waals surface area (Å²) in [7, 11) is 0. The number of nitrogens with zero attached hydrogens (tertiary/aromatic N) is 1. The van der Waals surface area contributed by atoms with E-state index in [9.17, 15) is 4.79 Å². The van der Waals surface area contributed by atoms with E-state index in [1.807, 2.05) is 25.1 Å². The molecule has 0 aliphatic heterocycles. The van der Waals surface area contributed by atoms with Crippen molar-refractivity contribution >= 4 is 22.6 Å². The number of nitrogens with two attached hydrogens (primary N) is 1. The van der Waals surface area contributed by atoms with Crippen LogP contribution in [0.5, 0.6) is 0 Å². The zero-order chi connectivity index (χ0) is 12.4. The summed E-state index contributed by atoms with van der Waals surface area (Å²) < 4.78 is 4.94. The molecule has 0 bridgehead atoms. The van der Waals surface area contributed by atoms with Crippen LogP contribution in [0, 0.1) is 6.92 Å². The fourth-order valence-corrected chi connectivity index (χ4v) is 1.69.